The zero-order chi connectivity index (χ0) is 13.9. The topological polar surface area (TPSA) is 29.5 Å². The van der Waals surface area contributed by atoms with Crippen LogP contribution in [-0.4, -0.2) is 26.1 Å². The average molecular weight is 260 g/mol. The highest BCUT2D eigenvalue weighted by Gasteiger charge is 2.41. The Labute approximate surface area is 109 Å². The second kappa shape index (κ2) is 6.35. The Balaban J connectivity index is 4.87. The second-order valence-electron chi connectivity index (χ2n) is 6.89. The molecule has 0 saturated heterocycles. The first-order valence-electron chi connectivity index (χ1n) is 6.85. The Morgan fingerprint density at radius 3 is 1.88 bits per heavy atom. The summed E-state index contributed by atoms with van der Waals surface area (Å²) in [6.45, 7) is 18.1. The maximum Gasteiger partial charge on any atom is 0.192 e. The van der Waals surface area contributed by atoms with Crippen LogP contribution in [0.5, 0.6) is 0 Å². The van der Waals surface area contributed by atoms with Gasteiger partial charge in [-0.2, -0.15) is 0 Å². The first-order valence-corrected chi connectivity index (χ1v) is 9.76. The van der Waals surface area contributed by atoms with Crippen molar-refractivity contribution in [2.24, 2.45) is 11.8 Å². The predicted molar refractivity (Wildman–Crippen MR) is 77.8 cm³/mol. The van der Waals surface area contributed by atoms with Crippen LogP contribution in [0.3, 0.4) is 0 Å². The van der Waals surface area contributed by atoms with Crippen LogP contribution in [0.4, 0.5) is 0 Å². The van der Waals surface area contributed by atoms with Gasteiger partial charge in [-0.3, -0.25) is 0 Å². The molecule has 104 valence electrons. The van der Waals surface area contributed by atoms with E-state index in [4.69, 9.17) is 4.43 Å². The largest absolute Gasteiger partial charge is 0.413 e. The SMILES string of the molecule is CC[C@@H](C)[C@H](O[Si](C)(C)C(C)(C)C)[C@H](C)CO. The molecular formula is C14H32O2Si. The molecule has 0 rings (SSSR count). The van der Waals surface area contributed by atoms with E-state index in [-0.39, 0.29) is 23.7 Å². The van der Waals surface area contributed by atoms with Crippen LogP contribution in [0.25, 0.3) is 0 Å². The second-order valence-corrected chi connectivity index (χ2v) is 11.6. The maximum atomic E-state index is 9.38. The highest BCUT2D eigenvalue weighted by molar-refractivity contribution is 6.74. The third kappa shape index (κ3) is 4.72. The van der Waals surface area contributed by atoms with Crippen LogP contribution >= 0.6 is 0 Å². The lowest BCUT2D eigenvalue weighted by Crippen LogP contribution is -2.47. The van der Waals surface area contributed by atoms with Crippen LogP contribution < -0.4 is 0 Å². The van der Waals surface area contributed by atoms with E-state index >= 15 is 0 Å². The number of aliphatic hydroxyl groups excluding tert-OH is 1. The van der Waals surface area contributed by atoms with Gasteiger partial charge in [0.25, 0.3) is 0 Å². The normalized spacial score (nSPS) is 18.9. The molecule has 0 amide bonds. The van der Waals surface area contributed by atoms with Gasteiger partial charge in [-0.25, -0.2) is 0 Å². The Morgan fingerprint density at radius 1 is 1.12 bits per heavy atom. The molecule has 1 N–H and O–H groups in total. The molecule has 0 aromatic carbocycles. The number of aliphatic hydroxyl groups is 1. The van der Waals surface area contributed by atoms with Crippen LogP contribution in [0, 0.1) is 11.8 Å². The number of rotatable bonds is 6. The highest BCUT2D eigenvalue weighted by Crippen LogP contribution is 2.39. The molecule has 0 fully saturated rings. The molecule has 3 heteroatoms. The van der Waals surface area contributed by atoms with Crippen LogP contribution in [0.1, 0.15) is 48.0 Å². The van der Waals surface area contributed by atoms with Gasteiger partial charge in [0.1, 0.15) is 0 Å². The van der Waals surface area contributed by atoms with E-state index in [9.17, 15) is 5.11 Å². The summed E-state index contributed by atoms with van der Waals surface area (Å²) in [6, 6.07) is 0. The number of hydrogen-bond donors (Lipinski definition) is 1. The summed E-state index contributed by atoms with van der Waals surface area (Å²) in [5, 5.41) is 9.61. The molecule has 0 unspecified atom stereocenters. The zero-order valence-corrected chi connectivity index (χ0v) is 14.0. The van der Waals surface area contributed by atoms with Crippen molar-refractivity contribution in [2.45, 2.75) is 72.2 Å². The van der Waals surface area contributed by atoms with Crippen molar-refractivity contribution in [3.63, 3.8) is 0 Å². The highest BCUT2D eigenvalue weighted by atomic mass is 28.4. The molecule has 0 aromatic rings. The molecule has 0 aromatic heterocycles. The van der Waals surface area contributed by atoms with Gasteiger partial charge in [-0.1, -0.05) is 48.0 Å². The van der Waals surface area contributed by atoms with Gasteiger partial charge in [0.05, 0.1) is 6.10 Å². The van der Waals surface area contributed by atoms with Gasteiger partial charge in [0.2, 0.25) is 0 Å². The smallest absolute Gasteiger partial charge is 0.192 e. The van der Waals surface area contributed by atoms with Crippen LogP contribution in [0.2, 0.25) is 18.1 Å². The molecule has 0 heterocycles. The Kier molecular flexibility index (Phi) is 6.40. The molecule has 2 nitrogen and oxygen atoms in total. The minimum atomic E-state index is -1.74. The summed E-state index contributed by atoms with van der Waals surface area (Å²) in [6.07, 6.45) is 1.29. The quantitative estimate of drug-likeness (QED) is 0.730. The van der Waals surface area contributed by atoms with Crippen LogP contribution in [-0.2, 0) is 4.43 Å². The van der Waals surface area contributed by atoms with E-state index in [1.165, 1.54) is 0 Å². The van der Waals surface area contributed by atoms with E-state index in [0.717, 1.165) is 6.42 Å². The molecule has 0 saturated carbocycles. The lowest BCUT2D eigenvalue weighted by molar-refractivity contribution is 0.0445. The number of hydrogen-bond acceptors (Lipinski definition) is 2. The third-order valence-electron chi connectivity index (χ3n) is 4.29. The maximum absolute atomic E-state index is 9.38. The minimum absolute atomic E-state index is 0.186. The standard InChI is InChI=1S/C14H32O2Si/c1-9-11(2)13(12(3)10-15)16-17(7,8)14(4,5)6/h11-13,15H,9-10H2,1-8H3/t11-,12-,13+/m1/s1. The lowest BCUT2D eigenvalue weighted by atomic mass is 9.92. The fraction of sp³-hybridized carbons (Fsp3) is 1.00. The van der Waals surface area contributed by atoms with Gasteiger partial charge in [-0.15, -0.1) is 0 Å². The predicted octanol–water partition coefficient (Wildman–Crippen LogP) is 4.05. The monoisotopic (exact) mass is 260 g/mol. The van der Waals surface area contributed by atoms with Crippen molar-refractivity contribution in [3.8, 4) is 0 Å². The third-order valence-corrected chi connectivity index (χ3v) is 8.76. The Hall–Kier alpha value is 0.137. The van der Waals surface area contributed by atoms with Crippen molar-refractivity contribution in [3.05, 3.63) is 0 Å². The summed E-state index contributed by atoms with van der Waals surface area (Å²) in [5.41, 5.74) is 0. The van der Waals surface area contributed by atoms with Gasteiger partial charge in [0.15, 0.2) is 8.32 Å². The molecule has 3 atom stereocenters. The molecule has 17 heavy (non-hydrogen) atoms. The lowest BCUT2D eigenvalue weighted by Gasteiger charge is -2.42. The van der Waals surface area contributed by atoms with E-state index < -0.39 is 8.32 Å². The van der Waals surface area contributed by atoms with Crippen LogP contribution in [0.15, 0.2) is 0 Å². The summed E-state index contributed by atoms with van der Waals surface area (Å²) in [4.78, 5) is 0. The summed E-state index contributed by atoms with van der Waals surface area (Å²) < 4.78 is 6.49. The van der Waals surface area contributed by atoms with Gasteiger partial charge >= 0.3 is 0 Å². The minimum Gasteiger partial charge on any atom is -0.413 e. The van der Waals surface area contributed by atoms with Crippen molar-refractivity contribution >= 4 is 8.32 Å². The van der Waals surface area contributed by atoms with E-state index in [0.29, 0.717) is 5.92 Å². The first kappa shape index (κ1) is 17.1. The van der Waals surface area contributed by atoms with Crippen molar-refractivity contribution < 1.29 is 9.53 Å². The summed E-state index contributed by atoms with van der Waals surface area (Å²) in [5.74, 6) is 0.727. The molecule has 0 aliphatic heterocycles. The molecule has 0 aliphatic rings. The van der Waals surface area contributed by atoms with Gasteiger partial charge in [0, 0.05) is 12.5 Å². The van der Waals surface area contributed by atoms with Crippen molar-refractivity contribution in [1.82, 2.24) is 0 Å². The van der Waals surface area contributed by atoms with Crippen molar-refractivity contribution in [2.75, 3.05) is 6.61 Å². The molecule has 0 bridgehead atoms. The van der Waals surface area contributed by atoms with Gasteiger partial charge < -0.3 is 9.53 Å². The molecule has 0 spiro atoms. The van der Waals surface area contributed by atoms with E-state index in [2.05, 4.69) is 54.6 Å². The Bertz CT molecular complexity index is 211. The van der Waals surface area contributed by atoms with Crippen molar-refractivity contribution in [1.29, 1.82) is 0 Å². The molecular weight excluding hydrogens is 228 g/mol. The fourth-order valence-electron chi connectivity index (χ4n) is 1.65. The first-order chi connectivity index (χ1) is 7.56. The van der Waals surface area contributed by atoms with E-state index in [1.807, 2.05) is 0 Å². The van der Waals surface area contributed by atoms with E-state index in [1.54, 1.807) is 0 Å². The Morgan fingerprint density at radius 2 is 1.59 bits per heavy atom. The fourth-order valence-corrected chi connectivity index (χ4v) is 3.14. The average Bonchev–Trinajstić information content (AvgIpc) is 2.22. The van der Waals surface area contributed by atoms with Gasteiger partial charge in [-0.05, 0) is 24.1 Å². The summed E-state index contributed by atoms with van der Waals surface area (Å²) >= 11 is 0. The molecule has 0 aliphatic carbocycles. The molecule has 0 radical (unpaired) electrons. The summed E-state index contributed by atoms with van der Waals surface area (Å²) in [7, 11) is -1.74. The zero-order valence-electron chi connectivity index (χ0n) is 13.0.